The zero-order chi connectivity index (χ0) is 22.8. The molecule has 2 unspecified atom stereocenters. The van der Waals surface area contributed by atoms with Crippen molar-refractivity contribution < 1.29 is 27.3 Å². The molecule has 1 aromatic carbocycles. The molecular weight excluding hydrogens is 442 g/mol. The predicted octanol–water partition coefficient (Wildman–Crippen LogP) is 2.21. The third-order valence-electron chi connectivity index (χ3n) is 5.29. The summed E-state index contributed by atoms with van der Waals surface area (Å²) in [7, 11) is -1.16. The van der Waals surface area contributed by atoms with Crippen LogP contribution >= 0.6 is 0 Å². The molecule has 0 bridgehead atoms. The molecule has 4 rings (SSSR count). The van der Waals surface area contributed by atoms with E-state index in [2.05, 4.69) is 10.3 Å². The molecule has 1 aromatic heterocycles. The van der Waals surface area contributed by atoms with Gasteiger partial charge in [-0.25, -0.2) is 18.6 Å². The van der Waals surface area contributed by atoms with Gasteiger partial charge >= 0.3 is 6.09 Å². The van der Waals surface area contributed by atoms with Gasteiger partial charge in [-0.2, -0.15) is 0 Å². The van der Waals surface area contributed by atoms with E-state index in [1.165, 1.54) is 35.1 Å². The molecule has 2 aromatic rings. The second-order valence-electron chi connectivity index (χ2n) is 7.56. The number of ether oxygens (including phenoxy) is 1. The Morgan fingerprint density at radius 3 is 2.81 bits per heavy atom. The number of benzene rings is 1. The van der Waals surface area contributed by atoms with Gasteiger partial charge in [-0.15, -0.1) is 0 Å². The minimum atomic E-state index is -1.37. The quantitative estimate of drug-likeness (QED) is 0.683. The summed E-state index contributed by atoms with van der Waals surface area (Å²) >= 11 is 0. The van der Waals surface area contributed by atoms with Gasteiger partial charge in [0.25, 0.3) is 0 Å². The minimum absolute atomic E-state index is 0.0515. The maximum Gasteiger partial charge on any atom is 0.414 e. The SMILES string of the molecule is CC(=O)NCC1CN(c2ccc(-c3ccc(N4CCS(=O)C[C@@H]4F)nc3)c(F)c2)C(=O)O1. The van der Waals surface area contributed by atoms with Gasteiger partial charge in [0.05, 0.1) is 24.5 Å². The fourth-order valence-corrected chi connectivity index (χ4v) is 4.70. The second-order valence-corrected chi connectivity index (χ2v) is 9.18. The van der Waals surface area contributed by atoms with Crippen LogP contribution in [0.25, 0.3) is 11.1 Å². The highest BCUT2D eigenvalue weighted by Gasteiger charge is 2.33. The lowest BCUT2D eigenvalue weighted by molar-refractivity contribution is -0.119. The van der Waals surface area contributed by atoms with Crippen molar-refractivity contribution in [1.29, 1.82) is 0 Å². The number of pyridine rings is 1. The monoisotopic (exact) mass is 464 g/mol. The van der Waals surface area contributed by atoms with Gasteiger partial charge in [-0.05, 0) is 30.3 Å². The molecule has 3 heterocycles. The molecule has 2 amide bonds. The molecule has 2 aliphatic heterocycles. The number of carbonyl (C=O) groups is 2. The number of hydrogen-bond donors (Lipinski definition) is 1. The number of hydrogen-bond acceptors (Lipinski definition) is 6. The fourth-order valence-electron chi connectivity index (χ4n) is 3.64. The molecule has 11 heteroatoms. The standard InChI is InChI=1S/C21H22F2N4O4S/c1-13(28)24-10-16-11-27(21(29)31-16)15-3-4-17(18(22)8-15)14-2-5-20(25-9-14)26-6-7-32(30)12-19(26)23/h2-5,8-9,16,19H,6-7,10-12H2,1H3,(H,24,28)/t16?,19-,32?/m1/s1. The minimum Gasteiger partial charge on any atom is -0.442 e. The molecule has 1 N–H and O–H groups in total. The number of halogens is 2. The van der Waals surface area contributed by atoms with Crippen LogP contribution in [0.1, 0.15) is 6.92 Å². The topological polar surface area (TPSA) is 91.8 Å². The van der Waals surface area contributed by atoms with E-state index < -0.39 is 35.1 Å². The first-order chi connectivity index (χ1) is 15.3. The Balaban J connectivity index is 1.47. The Kier molecular flexibility index (Phi) is 6.35. The molecule has 2 saturated heterocycles. The zero-order valence-electron chi connectivity index (χ0n) is 17.3. The van der Waals surface area contributed by atoms with Crippen molar-refractivity contribution in [2.45, 2.75) is 19.3 Å². The molecule has 2 aliphatic rings. The van der Waals surface area contributed by atoms with E-state index in [1.54, 1.807) is 18.2 Å². The van der Waals surface area contributed by atoms with E-state index in [4.69, 9.17) is 4.74 Å². The lowest BCUT2D eigenvalue weighted by atomic mass is 10.1. The molecule has 32 heavy (non-hydrogen) atoms. The molecule has 3 atom stereocenters. The van der Waals surface area contributed by atoms with Crippen LogP contribution in [-0.4, -0.2) is 64.7 Å². The van der Waals surface area contributed by atoms with E-state index in [1.807, 2.05) is 0 Å². The Labute approximate surface area is 186 Å². The van der Waals surface area contributed by atoms with Gasteiger partial charge < -0.3 is 15.0 Å². The van der Waals surface area contributed by atoms with Crippen molar-refractivity contribution in [2.24, 2.45) is 0 Å². The first-order valence-electron chi connectivity index (χ1n) is 10.1. The van der Waals surface area contributed by atoms with Crippen LogP contribution in [-0.2, 0) is 20.3 Å². The highest BCUT2D eigenvalue weighted by molar-refractivity contribution is 7.85. The van der Waals surface area contributed by atoms with E-state index in [9.17, 15) is 22.6 Å². The average Bonchev–Trinajstić information content (AvgIpc) is 3.13. The first-order valence-corrected chi connectivity index (χ1v) is 11.5. The molecule has 0 spiro atoms. The summed E-state index contributed by atoms with van der Waals surface area (Å²) in [5.74, 6) is -0.0481. The first kappa shape index (κ1) is 22.1. The van der Waals surface area contributed by atoms with Crippen LogP contribution < -0.4 is 15.1 Å². The summed E-state index contributed by atoms with van der Waals surface area (Å²) in [5.41, 5.74) is 1.13. The largest absolute Gasteiger partial charge is 0.442 e. The molecule has 170 valence electrons. The van der Waals surface area contributed by atoms with Crippen molar-refractivity contribution >= 4 is 34.3 Å². The summed E-state index contributed by atoms with van der Waals surface area (Å²) in [5, 5.41) is 2.59. The van der Waals surface area contributed by atoms with Gasteiger partial charge in [-0.3, -0.25) is 13.9 Å². The van der Waals surface area contributed by atoms with Crippen LogP contribution in [0.2, 0.25) is 0 Å². The van der Waals surface area contributed by atoms with E-state index in [0.717, 1.165) is 0 Å². The van der Waals surface area contributed by atoms with Crippen molar-refractivity contribution in [3.05, 3.63) is 42.3 Å². The highest BCUT2D eigenvalue weighted by Crippen LogP contribution is 2.30. The number of aromatic nitrogens is 1. The summed E-state index contributed by atoms with van der Waals surface area (Å²) in [4.78, 5) is 30.2. The van der Waals surface area contributed by atoms with Crippen LogP contribution in [0.3, 0.4) is 0 Å². The van der Waals surface area contributed by atoms with Crippen molar-refractivity contribution in [3.63, 3.8) is 0 Å². The number of anilines is 2. The Morgan fingerprint density at radius 1 is 1.34 bits per heavy atom. The zero-order valence-corrected chi connectivity index (χ0v) is 18.1. The summed E-state index contributed by atoms with van der Waals surface area (Å²) in [6, 6.07) is 7.63. The molecule has 0 saturated carbocycles. The predicted molar refractivity (Wildman–Crippen MR) is 116 cm³/mol. The van der Waals surface area contributed by atoms with Gasteiger partial charge in [0.1, 0.15) is 17.7 Å². The molecular formula is C21H22F2N4O4S. The normalized spacial score (nSPS) is 23.2. The van der Waals surface area contributed by atoms with Crippen molar-refractivity contribution in [1.82, 2.24) is 10.3 Å². The molecule has 2 fully saturated rings. The van der Waals surface area contributed by atoms with Crippen LogP contribution in [0.5, 0.6) is 0 Å². The Morgan fingerprint density at radius 2 is 2.16 bits per heavy atom. The Bertz CT molecular complexity index is 1050. The summed E-state index contributed by atoms with van der Waals surface area (Å²) < 4.78 is 45.7. The highest BCUT2D eigenvalue weighted by atomic mass is 32.2. The number of nitrogens with one attached hydrogen (secondary N) is 1. The number of alkyl halides is 1. The van der Waals surface area contributed by atoms with Gasteiger partial charge in [0.15, 0.2) is 6.30 Å². The summed E-state index contributed by atoms with van der Waals surface area (Å²) in [6.45, 7) is 2.05. The lowest BCUT2D eigenvalue weighted by Crippen LogP contribution is -2.44. The second kappa shape index (κ2) is 9.19. The smallest absolute Gasteiger partial charge is 0.414 e. The summed E-state index contributed by atoms with van der Waals surface area (Å²) in [6.07, 6.45) is -1.04. The number of amides is 2. The van der Waals surface area contributed by atoms with Gasteiger partial charge in [0, 0.05) is 47.3 Å². The third kappa shape index (κ3) is 4.72. The van der Waals surface area contributed by atoms with Crippen molar-refractivity contribution in [2.75, 3.05) is 40.9 Å². The van der Waals surface area contributed by atoms with Gasteiger partial charge in [-0.1, -0.05) is 0 Å². The Hall–Kier alpha value is -3.08. The van der Waals surface area contributed by atoms with E-state index in [0.29, 0.717) is 29.4 Å². The van der Waals surface area contributed by atoms with E-state index in [-0.39, 0.29) is 30.3 Å². The number of nitrogens with zero attached hydrogens (tertiary/aromatic N) is 3. The van der Waals surface area contributed by atoms with Crippen LogP contribution in [0.15, 0.2) is 36.5 Å². The third-order valence-corrected chi connectivity index (χ3v) is 6.58. The van der Waals surface area contributed by atoms with Crippen molar-refractivity contribution in [3.8, 4) is 11.1 Å². The van der Waals surface area contributed by atoms with Crippen LogP contribution in [0, 0.1) is 5.82 Å². The average molecular weight is 464 g/mol. The molecule has 0 aliphatic carbocycles. The van der Waals surface area contributed by atoms with E-state index >= 15 is 0 Å². The maximum atomic E-state index is 14.9. The lowest BCUT2D eigenvalue weighted by Gasteiger charge is -2.30. The number of carbonyl (C=O) groups excluding carboxylic acids is 2. The number of cyclic esters (lactones) is 1. The maximum absolute atomic E-state index is 14.9. The fraction of sp³-hybridized carbons (Fsp3) is 0.381. The van der Waals surface area contributed by atoms with Gasteiger partial charge in [0.2, 0.25) is 5.91 Å². The van der Waals surface area contributed by atoms with Crippen LogP contribution in [0.4, 0.5) is 25.1 Å². The molecule has 0 radical (unpaired) electrons. The molecule has 8 nitrogen and oxygen atoms in total. The number of rotatable bonds is 5.